The number of hydrogen-bond donors (Lipinski definition) is 1. The first-order valence-corrected chi connectivity index (χ1v) is 8.78. The van der Waals surface area contributed by atoms with Crippen LogP contribution in [0.2, 0.25) is 0 Å². The van der Waals surface area contributed by atoms with E-state index in [1.165, 1.54) is 6.07 Å². The van der Waals surface area contributed by atoms with Crippen molar-refractivity contribution in [3.05, 3.63) is 41.6 Å². The van der Waals surface area contributed by atoms with Gasteiger partial charge >= 0.3 is 5.97 Å². The molecule has 2 aromatic rings. The number of aromatic carboxylic acids is 1. The van der Waals surface area contributed by atoms with Crippen LogP contribution in [0, 0.1) is 6.92 Å². The molecular formula is C15H16N2O4S. The summed E-state index contributed by atoms with van der Waals surface area (Å²) in [4.78, 5) is 11.2. The molecule has 0 spiro atoms. The molecule has 1 N–H and O–H groups in total. The molecule has 7 heteroatoms. The van der Waals surface area contributed by atoms with Crippen LogP contribution in [0.5, 0.6) is 0 Å². The molecule has 3 rings (SSSR count). The number of rotatable bonds is 3. The highest BCUT2D eigenvalue weighted by Crippen LogP contribution is 2.30. The van der Waals surface area contributed by atoms with Crippen molar-refractivity contribution in [3.63, 3.8) is 0 Å². The van der Waals surface area contributed by atoms with Crippen LogP contribution in [0.15, 0.2) is 30.3 Å². The maximum Gasteiger partial charge on any atom is 0.356 e. The maximum atomic E-state index is 11.7. The lowest BCUT2D eigenvalue weighted by Gasteiger charge is -2.13. The van der Waals surface area contributed by atoms with Gasteiger partial charge in [-0.05, 0) is 25.0 Å². The van der Waals surface area contributed by atoms with Crippen LogP contribution in [0.4, 0.5) is 0 Å². The Kier molecular flexibility index (Phi) is 3.52. The number of hydrogen-bond acceptors (Lipinski definition) is 4. The minimum Gasteiger partial charge on any atom is -0.476 e. The zero-order chi connectivity index (χ0) is 15.9. The van der Waals surface area contributed by atoms with Crippen LogP contribution in [-0.2, 0) is 9.84 Å². The number of aromatic nitrogens is 2. The molecule has 6 nitrogen and oxygen atoms in total. The van der Waals surface area contributed by atoms with Crippen molar-refractivity contribution in [1.29, 1.82) is 0 Å². The van der Waals surface area contributed by atoms with Gasteiger partial charge in [0.15, 0.2) is 15.5 Å². The third-order valence-corrected chi connectivity index (χ3v) is 5.61. The highest BCUT2D eigenvalue weighted by atomic mass is 32.2. The van der Waals surface area contributed by atoms with E-state index in [4.69, 9.17) is 5.11 Å². The third kappa shape index (κ3) is 2.76. The highest BCUT2D eigenvalue weighted by Gasteiger charge is 2.32. The number of carboxylic acid groups (broad SMARTS) is 1. The molecule has 2 heterocycles. The molecule has 116 valence electrons. The van der Waals surface area contributed by atoms with Gasteiger partial charge in [-0.15, -0.1) is 0 Å². The minimum atomic E-state index is -3.07. The van der Waals surface area contributed by atoms with E-state index in [1.54, 1.807) is 4.68 Å². The lowest BCUT2D eigenvalue weighted by Crippen LogP contribution is -2.14. The lowest BCUT2D eigenvalue weighted by atomic mass is 10.1. The molecule has 0 radical (unpaired) electrons. The van der Waals surface area contributed by atoms with Gasteiger partial charge in [-0.1, -0.05) is 29.8 Å². The van der Waals surface area contributed by atoms with Crippen molar-refractivity contribution in [2.24, 2.45) is 0 Å². The Morgan fingerprint density at radius 1 is 1.32 bits per heavy atom. The number of carbonyl (C=O) groups is 1. The van der Waals surface area contributed by atoms with Gasteiger partial charge < -0.3 is 5.11 Å². The van der Waals surface area contributed by atoms with Gasteiger partial charge in [-0.3, -0.25) is 4.68 Å². The Balaban J connectivity index is 2.08. The summed E-state index contributed by atoms with van der Waals surface area (Å²) < 4.78 is 24.9. The Morgan fingerprint density at radius 3 is 2.55 bits per heavy atom. The van der Waals surface area contributed by atoms with Crippen LogP contribution in [-0.4, -0.2) is 40.8 Å². The fourth-order valence-corrected chi connectivity index (χ4v) is 4.38. The lowest BCUT2D eigenvalue weighted by molar-refractivity contribution is 0.0689. The van der Waals surface area contributed by atoms with Crippen LogP contribution in [0.1, 0.15) is 28.5 Å². The topological polar surface area (TPSA) is 89.3 Å². The molecule has 1 fully saturated rings. The summed E-state index contributed by atoms with van der Waals surface area (Å²) in [5.41, 5.74) is 2.49. The van der Waals surface area contributed by atoms with E-state index in [-0.39, 0.29) is 23.2 Å². The fraction of sp³-hybridized carbons (Fsp3) is 0.333. The van der Waals surface area contributed by atoms with Crippen molar-refractivity contribution in [2.45, 2.75) is 19.4 Å². The van der Waals surface area contributed by atoms with Crippen LogP contribution < -0.4 is 0 Å². The second-order valence-corrected chi connectivity index (χ2v) is 7.82. The van der Waals surface area contributed by atoms with Crippen molar-refractivity contribution in [2.75, 3.05) is 11.5 Å². The van der Waals surface area contributed by atoms with E-state index < -0.39 is 15.8 Å². The first-order chi connectivity index (χ1) is 10.4. The maximum absolute atomic E-state index is 11.7. The van der Waals surface area contributed by atoms with Crippen LogP contribution in [0.3, 0.4) is 0 Å². The molecule has 1 saturated heterocycles. The standard InChI is InChI=1S/C15H16N2O4S/c1-10-2-4-11(5-3-10)14-8-13(15(18)19)16-17(14)12-6-7-22(20,21)9-12/h2-5,8,12H,6-7,9H2,1H3,(H,18,19). The van der Waals surface area contributed by atoms with Crippen molar-refractivity contribution in [1.82, 2.24) is 9.78 Å². The average Bonchev–Trinajstić information content (AvgIpc) is 3.03. The summed E-state index contributed by atoms with van der Waals surface area (Å²) in [6.45, 7) is 1.97. The number of benzene rings is 1. The summed E-state index contributed by atoms with van der Waals surface area (Å²) in [5.74, 6) is -0.993. The molecule has 1 aromatic heterocycles. The zero-order valence-corrected chi connectivity index (χ0v) is 12.9. The first kappa shape index (κ1) is 14.8. The quantitative estimate of drug-likeness (QED) is 0.933. The molecule has 0 saturated carbocycles. The fourth-order valence-electron chi connectivity index (χ4n) is 2.69. The minimum absolute atomic E-state index is 0.00655. The zero-order valence-electron chi connectivity index (χ0n) is 12.1. The Bertz CT molecular complexity index is 822. The predicted octanol–water partition coefficient (Wildman–Crippen LogP) is 1.92. The van der Waals surface area contributed by atoms with E-state index in [0.29, 0.717) is 12.1 Å². The van der Waals surface area contributed by atoms with Gasteiger partial charge in [0.05, 0.1) is 23.2 Å². The summed E-state index contributed by atoms with van der Waals surface area (Å²) >= 11 is 0. The van der Waals surface area contributed by atoms with Crippen molar-refractivity contribution in [3.8, 4) is 11.3 Å². The summed E-state index contributed by atoms with van der Waals surface area (Å²) in [5, 5.41) is 13.3. The van der Waals surface area contributed by atoms with Gasteiger partial charge in [-0.2, -0.15) is 5.10 Å². The Hall–Kier alpha value is -2.15. The van der Waals surface area contributed by atoms with Crippen molar-refractivity contribution >= 4 is 15.8 Å². The summed E-state index contributed by atoms with van der Waals surface area (Å²) in [6.07, 6.45) is 0.460. The SMILES string of the molecule is Cc1ccc(-c2cc(C(=O)O)nn2C2CCS(=O)(=O)C2)cc1. The number of sulfone groups is 1. The average molecular weight is 320 g/mol. The molecule has 0 aliphatic carbocycles. The monoisotopic (exact) mass is 320 g/mol. The summed E-state index contributed by atoms with van der Waals surface area (Å²) in [7, 11) is -3.07. The van der Waals surface area contributed by atoms with Gasteiger partial charge in [0, 0.05) is 0 Å². The van der Waals surface area contributed by atoms with Crippen LogP contribution in [0.25, 0.3) is 11.3 Å². The number of nitrogens with zero attached hydrogens (tertiary/aromatic N) is 2. The van der Waals surface area contributed by atoms with E-state index in [0.717, 1.165) is 11.1 Å². The largest absolute Gasteiger partial charge is 0.476 e. The molecule has 1 atom stereocenters. The second kappa shape index (κ2) is 5.24. The number of aryl methyl sites for hydroxylation is 1. The van der Waals surface area contributed by atoms with E-state index in [1.807, 2.05) is 31.2 Å². The van der Waals surface area contributed by atoms with E-state index >= 15 is 0 Å². The molecule has 0 amide bonds. The second-order valence-electron chi connectivity index (χ2n) is 5.59. The Labute approximate surface area is 128 Å². The molecule has 1 unspecified atom stereocenters. The van der Waals surface area contributed by atoms with Gasteiger partial charge in [0.2, 0.25) is 0 Å². The smallest absolute Gasteiger partial charge is 0.356 e. The predicted molar refractivity (Wildman–Crippen MR) is 81.7 cm³/mol. The number of carboxylic acids is 1. The molecule has 22 heavy (non-hydrogen) atoms. The molecule has 0 bridgehead atoms. The summed E-state index contributed by atoms with van der Waals surface area (Å²) in [6, 6.07) is 8.82. The first-order valence-electron chi connectivity index (χ1n) is 6.96. The van der Waals surface area contributed by atoms with E-state index in [9.17, 15) is 13.2 Å². The molecule has 1 aliphatic rings. The van der Waals surface area contributed by atoms with Gasteiger partial charge in [0.25, 0.3) is 0 Å². The normalized spacial score (nSPS) is 20.1. The Morgan fingerprint density at radius 2 is 2.00 bits per heavy atom. The molecule has 1 aliphatic heterocycles. The van der Waals surface area contributed by atoms with Crippen molar-refractivity contribution < 1.29 is 18.3 Å². The van der Waals surface area contributed by atoms with Gasteiger partial charge in [0.1, 0.15) is 0 Å². The third-order valence-electron chi connectivity index (χ3n) is 3.86. The highest BCUT2D eigenvalue weighted by molar-refractivity contribution is 7.91. The van der Waals surface area contributed by atoms with E-state index in [2.05, 4.69) is 5.10 Å². The molecule has 1 aromatic carbocycles. The molecular weight excluding hydrogens is 304 g/mol. The van der Waals surface area contributed by atoms with Gasteiger partial charge in [-0.25, -0.2) is 13.2 Å². The van der Waals surface area contributed by atoms with Crippen LogP contribution >= 0.6 is 0 Å².